The largest absolute Gasteiger partial charge is 0.377 e. The number of rotatable bonds is 7. The van der Waals surface area contributed by atoms with Crippen LogP contribution in [0, 0.1) is 10.1 Å². The van der Waals surface area contributed by atoms with E-state index in [1.807, 2.05) is 31.1 Å². The van der Waals surface area contributed by atoms with Crippen molar-refractivity contribution in [3.05, 3.63) is 76.5 Å². The van der Waals surface area contributed by atoms with Gasteiger partial charge in [0.15, 0.2) is 0 Å². The van der Waals surface area contributed by atoms with Crippen LogP contribution >= 0.6 is 0 Å². The van der Waals surface area contributed by atoms with E-state index in [9.17, 15) is 18.5 Å². The number of anilines is 1. The molecule has 0 fully saturated rings. The highest BCUT2D eigenvalue weighted by Gasteiger charge is 2.27. The molecular formula is C24H24N6O4S. The standard InChI is InChI=1S/C24H24N6O4S/c1-27(2)16-26-25-14-17-15-29(21-11-7-12-22(24(17)21)30(31)32)35(33,34)23-13-6-8-18-19(23)9-5-10-20(18)28(3)4/h5-16H,1-4H3/b25-14+,26-16+. The quantitative estimate of drug-likeness (QED) is 0.167. The van der Waals surface area contributed by atoms with Gasteiger partial charge >= 0.3 is 0 Å². The molecule has 0 spiro atoms. The van der Waals surface area contributed by atoms with Crippen molar-refractivity contribution in [3.8, 4) is 0 Å². The molecule has 11 heteroatoms. The van der Waals surface area contributed by atoms with E-state index in [2.05, 4.69) is 10.2 Å². The number of hydrogen-bond donors (Lipinski definition) is 0. The maximum atomic E-state index is 14.0. The van der Waals surface area contributed by atoms with Gasteiger partial charge in [-0.15, -0.1) is 5.10 Å². The molecule has 10 nitrogen and oxygen atoms in total. The summed E-state index contributed by atoms with van der Waals surface area (Å²) in [6.45, 7) is 0. The molecule has 0 aliphatic heterocycles. The second-order valence-corrected chi connectivity index (χ2v) is 10.1. The Labute approximate surface area is 202 Å². The zero-order chi connectivity index (χ0) is 25.3. The molecule has 0 radical (unpaired) electrons. The summed E-state index contributed by atoms with van der Waals surface area (Å²) in [5.74, 6) is 0. The summed E-state index contributed by atoms with van der Waals surface area (Å²) in [5, 5.41) is 21.1. The number of non-ortho nitro benzene ring substituents is 1. The summed E-state index contributed by atoms with van der Waals surface area (Å²) < 4.78 is 29.0. The van der Waals surface area contributed by atoms with Gasteiger partial charge in [-0.25, -0.2) is 12.4 Å². The molecule has 3 aromatic carbocycles. The van der Waals surface area contributed by atoms with Crippen molar-refractivity contribution in [1.82, 2.24) is 8.87 Å². The molecule has 0 atom stereocenters. The number of nitrogens with zero attached hydrogens (tertiary/aromatic N) is 6. The first-order valence-corrected chi connectivity index (χ1v) is 12.0. The monoisotopic (exact) mass is 492 g/mol. The van der Waals surface area contributed by atoms with Gasteiger partial charge in [0.1, 0.15) is 6.34 Å². The van der Waals surface area contributed by atoms with Crippen molar-refractivity contribution in [1.29, 1.82) is 0 Å². The number of benzene rings is 3. The molecule has 1 heterocycles. The van der Waals surface area contributed by atoms with Crippen LogP contribution in [0.25, 0.3) is 21.7 Å². The zero-order valence-corrected chi connectivity index (χ0v) is 20.5. The minimum Gasteiger partial charge on any atom is -0.377 e. The Balaban J connectivity index is 1.99. The first-order valence-electron chi connectivity index (χ1n) is 10.6. The third kappa shape index (κ3) is 4.33. The number of nitro groups is 1. The Bertz CT molecular complexity index is 1600. The summed E-state index contributed by atoms with van der Waals surface area (Å²) in [6, 6.07) is 14.9. The van der Waals surface area contributed by atoms with Crippen LogP contribution in [-0.4, -0.2) is 63.0 Å². The van der Waals surface area contributed by atoms with E-state index in [0.717, 1.165) is 15.0 Å². The lowest BCUT2D eigenvalue weighted by molar-refractivity contribution is -0.383. The average molecular weight is 493 g/mol. The van der Waals surface area contributed by atoms with Gasteiger partial charge in [-0.2, -0.15) is 5.10 Å². The average Bonchev–Trinajstić information content (AvgIpc) is 3.20. The summed E-state index contributed by atoms with van der Waals surface area (Å²) in [4.78, 5) is 14.9. The number of aromatic nitrogens is 1. The van der Waals surface area contributed by atoms with E-state index in [1.54, 1.807) is 37.2 Å². The van der Waals surface area contributed by atoms with Crippen molar-refractivity contribution in [2.75, 3.05) is 33.1 Å². The van der Waals surface area contributed by atoms with E-state index < -0.39 is 14.9 Å². The van der Waals surface area contributed by atoms with Gasteiger partial charge in [0.05, 0.1) is 26.9 Å². The van der Waals surface area contributed by atoms with E-state index in [0.29, 0.717) is 5.39 Å². The van der Waals surface area contributed by atoms with Crippen molar-refractivity contribution in [2.45, 2.75) is 4.90 Å². The Morgan fingerprint density at radius 2 is 1.63 bits per heavy atom. The van der Waals surface area contributed by atoms with Crippen LogP contribution in [0.15, 0.2) is 75.9 Å². The molecule has 0 aliphatic carbocycles. The maximum Gasteiger partial charge on any atom is 0.279 e. The Morgan fingerprint density at radius 3 is 2.31 bits per heavy atom. The highest BCUT2D eigenvalue weighted by Crippen LogP contribution is 2.35. The normalized spacial score (nSPS) is 12.2. The van der Waals surface area contributed by atoms with Crippen LogP contribution in [0.2, 0.25) is 0 Å². The van der Waals surface area contributed by atoms with Crippen LogP contribution < -0.4 is 4.90 Å². The molecule has 180 valence electrons. The van der Waals surface area contributed by atoms with E-state index in [4.69, 9.17) is 0 Å². The fourth-order valence-electron chi connectivity index (χ4n) is 3.93. The molecule has 35 heavy (non-hydrogen) atoms. The van der Waals surface area contributed by atoms with Gasteiger partial charge in [0.25, 0.3) is 15.7 Å². The third-order valence-corrected chi connectivity index (χ3v) is 7.16. The molecular weight excluding hydrogens is 468 g/mol. The molecule has 0 unspecified atom stereocenters. The summed E-state index contributed by atoms with van der Waals surface area (Å²) in [5.41, 5.74) is 1.10. The van der Waals surface area contributed by atoms with Gasteiger partial charge in [-0.05, 0) is 18.2 Å². The minimum absolute atomic E-state index is 0.0937. The van der Waals surface area contributed by atoms with Gasteiger partial charge < -0.3 is 9.80 Å². The Hall–Kier alpha value is -4.25. The molecule has 0 amide bonds. The SMILES string of the molecule is CN(C)/C=N/N=C/c1cn(S(=O)(=O)c2cccc3c(N(C)C)cccc23)c2cccc([N+](=O)[O-])c12. The van der Waals surface area contributed by atoms with E-state index >= 15 is 0 Å². The Morgan fingerprint density at radius 1 is 0.943 bits per heavy atom. The van der Waals surface area contributed by atoms with Crippen molar-refractivity contribution in [3.63, 3.8) is 0 Å². The molecule has 4 rings (SSSR count). The lowest BCUT2D eigenvalue weighted by Crippen LogP contribution is -2.13. The number of nitro benzene ring substituents is 1. The molecule has 0 saturated heterocycles. The predicted octanol–water partition coefficient (Wildman–Crippen LogP) is 3.93. The van der Waals surface area contributed by atoms with Crippen LogP contribution in [-0.2, 0) is 10.0 Å². The lowest BCUT2D eigenvalue weighted by atomic mass is 10.1. The van der Waals surface area contributed by atoms with Crippen LogP contribution in [0.1, 0.15) is 5.56 Å². The van der Waals surface area contributed by atoms with E-state index in [1.165, 1.54) is 43.0 Å². The lowest BCUT2D eigenvalue weighted by Gasteiger charge is -2.17. The third-order valence-electron chi connectivity index (χ3n) is 5.42. The summed E-state index contributed by atoms with van der Waals surface area (Å²) in [7, 11) is 3.19. The maximum absolute atomic E-state index is 14.0. The first kappa shape index (κ1) is 23.9. The summed E-state index contributed by atoms with van der Waals surface area (Å²) in [6.07, 6.45) is 4.12. The number of hydrogen-bond acceptors (Lipinski definition) is 7. The molecule has 0 saturated carbocycles. The first-order chi connectivity index (χ1) is 16.6. The fourth-order valence-corrected chi connectivity index (χ4v) is 5.51. The molecule has 1 aromatic heterocycles. The van der Waals surface area contributed by atoms with Crippen LogP contribution in [0.4, 0.5) is 11.4 Å². The molecule has 0 aliphatic rings. The van der Waals surface area contributed by atoms with Gasteiger partial charge in [0.2, 0.25) is 0 Å². The van der Waals surface area contributed by atoms with Crippen molar-refractivity contribution in [2.24, 2.45) is 10.2 Å². The zero-order valence-electron chi connectivity index (χ0n) is 19.7. The van der Waals surface area contributed by atoms with Crippen molar-refractivity contribution < 1.29 is 13.3 Å². The highest BCUT2D eigenvalue weighted by molar-refractivity contribution is 7.90. The Kier molecular flexibility index (Phi) is 6.27. The second kappa shape index (κ2) is 9.18. The second-order valence-electron chi connectivity index (χ2n) is 8.28. The van der Waals surface area contributed by atoms with Gasteiger partial charge in [-0.3, -0.25) is 10.1 Å². The molecule has 0 N–H and O–H groups in total. The van der Waals surface area contributed by atoms with Crippen molar-refractivity contribution >= 4 is 55.6 Å². The minimum atomic E-state index is -4.13. The van der Waals surface area contributed by atoms with Crippen LogP contribution in [0.5, 0.6) is 0 Å². The predicted molar refractivity (Wildman–Crippen MR) is 139 cm³/mol. The highest BCUT2D eigenvalue weighted by atomic mass is 32.2. The molecule has 0 bridgehead atoms. The summed E-state index contributed by atoms with van der Waals surface area (Å²) >= 11 is 0. The smallest absolute Gasteiger partial charge is 0.279 e. The van der Waals surface area contributed by atoms with Gasteiger partial charge in [-0.1, -0.05) is 30.3 Å². The van der Waals surface area contributed by atoms with Gasteiger partial charge in [0, 0.05) is 62.5 Å². The van der Waals surface area contributed by atoms with E-state index in [-0.39, 0.29) is 27.0 Å². The topological polar surface area (TPSA) is 113 Å². The fraction of sp³-hybridized carbons (Fsp3) is 0.167. The molecule has 4 aromatic rings. The number of fused-ring (bicyclic) bond motifs is 2. The van der Waals surface area contributed by atoms with Crippen LogP contribution in [0.3, 0.4) is 0 Å².